The maximum absolute atomic E-state index is 6.26. The number of para-hydroxylation sites is 2. The Hall–Kier alpha value is -3.79. The van der Waals surface area contributed by atoms with Crippen LogP contribution < -0.4 is 9.47 Å². The highest BCUT2D eigenvalue weighted by molar-refractivity contribution is 5.88. The fourth-order valence-electron chi connectivity index (χ4n) is 4.38. The molecule has 0 aliphatic heterocycles. The third kappa shape index (κ3) is 4.70. The maximum Gasteiger partial charge on any atom is 0.148 e. The summed E-state index contributed by atoms with van der Waals surface area (Å²) in [5.74, 6) is 2.74. The maximum atomic E-state index is 6.26. The highest BCUT2D eigenvalue weighted by Crippen LogP contribution is 2.26. The number of imidazole rings is 1. The molecule has 4 aromatic carbocycles. The molecule has 0 fully saturated rings. The van der Waals surface area contributed by atoms with E-state index in [2.05, 4.69) is 73.0 Å². The van der Waals surface area contributed by atoms with Crippen LogP contribution in [0.25, 0.3) is 21.8 Å². The lowest BCUT2D eigenvalue weighted by Gasteiger charge is -2.13. The van der Waals surface area contributed by atoms with Crippen LogP contribution >= 0.6 is 0 Å². The standard InChI is InChI=1S/C29H28N2O2/c1-21-17-22(2)19-24(18-21)32-16-8-15-31-27-13-6-5-12-26(27)30-29(31)20-33-28-14-7-10-23-9-3-4-11-25(23)28/h3-7,9-14,17-19H,8,15-16,20H2,1-2H3. The van der Waals surface area contributed by atoms with Crippen molar-refractivity contribution >= 4 is 21.8 Å². The number of aromatic nitrogens is 2. The Morgan fingerprint density at radius 2 is 1.55 bits per heavy atom. The van der Waals surface area contributed by atoms with Crippen LogP contribution in [0.2, 0.25) is 0 Å². The van der Waals surface area contributed by atoms with Crippen LogP contribution in [-0.4, -0.2) is 16.2 Å². The monoisotopic (exact) mass is 436 g/mol. The molecule has 0 unspecified atom stereocenters. The van der Waals surface area contributed by atoms with Crippen molar-refractivity contribution in [1.82, 2.24) is 9.55 Å². The van der Waals surface area contributed by atoms with Gasteiger partial charge < -0.3 is 14.0 Å². The minimum atomic E-state index is 0.417. The van der Waals surface area contributed by atoms with Crippen LogP contribution in [-0.2, 0) is 13.2 Å². The fourth-order valence-corrected chi connectivity index (χ4v) is 4.38. The Morgan fingerprint density at radius 3 is 2.42 bits per heavy atom. The lowest BCUT2D eigenvalue weighted by molar-refractivity contribution is 0.282. The first-order valence-electron chi connectivity index (χ1n) is 11.4. The minimum Gasteiger partial charge on any atom is -0.494 e. The number of hydrogen-bond acceptors (Lipinski definition) is 3. The first-order chi connectivity index (χ1) is 16.2. The zero-order chi connectivity index (χ0) is 22.6. The van der Waals surface area contributed by atoms with Crippen molar-refractivity contribution in [1.29, 1.82) is 0 Å². The van der Waals surface area contributed by atoms with Crippen molar-refractivity contribution in [2.45, 2.75) is 33.4 Å². The number of nitrogens with zero attached hydrogens (tertiary/aromatic N) is 2. The third-order valence-corrected chi connectivity index (χ3v) is 5.83. The van der Waals surface area contributed by atoms with E-state index < -0.39 is 0 Å². The molecule has 0 aliphatic rings. The molecule has 0 amide bonds. The van der Waals surface area contributed by atoms with E-state index in [1.165, 1.54) is 16.5 Å². The quantitative estimate of drug-likeness (QED) is 0.249. The van der Waals surface area contributed by atoms with Crippen molar-refractivity contribution in [3.8, 4) is 11.5 Å². The van der Waals surface area contributed by atoms with E-state index >= 15 is 0 Å². The number of ether oxygens (including phenoxy) is 2. The summed E-state index contributed by atoms with van der Waals surface area (Å²) >= 11 is 0. The summed E-state index contributed by atoms with van der Waals surface area (Å²) in [6, 6.07) is 29.0. The van der Waals surface area contributed by atoms with E-state index in [9.17, 15) is 0 Å². The molecule has 0 saturated carbocycles. The van der Waals surface area contributed by atoms with Gasteiger partial charge in [-0.15, -0.1) is 0 Å². The molecule has 5 rings (SSSR count). The zero-order valence-corrected chi connectivity index (χ0v) is 19.1. The summed E-state index contributed by atoms with van der Waals surface area (Å²) in [6.45, 7) is 6.08. The highest BCUT2D eigenvalue weighted by Gasteiger charge is 2.12. The summed E-state index contributed by atoms with van der Waals surface area (Å²) in [6.07, 6.45) is 0.884. The van der Waals surface area contributed by atoms with Crippen molar-refractivity contribution in [3.05, 3.63) is 102 Å². The number of fused-ring (bicyclic) bond motifs is 2. The van der Waals surface area contributed by atoms with Crippen LogP contribution in [0.4, 0.5) is 0 Å². The third-order valence-electron chi connectivity index (χ3n) is 5.83. The minimum absolute atomic E-state index is 0.417. The predicted molar refractivity (Wildman–Crippen MR) is 134 cm³/mol. The first kappa shape index (κ1) is 21.1. The van der Waals surface area contributed by atoms with E-state index in [1.807, 2.05) is 30.3 Å². The summed E-state index contributed by atoms with van der Waals surface area (Å²) in [7, 11) is 0. The average molecular weight is 437 g/mol. The molecule has 1 heterocycles. The van der Waals surface area contributed by atoms with Gasteiger partial charge >= 0.3 is 0 Å². The predicted octanol–water partition coefficient (Wildman–Crippen LogP) is 6.85. The summed E-state index contributed by atoms with van der Waals surface area (Å²) < 4.78 is 14.5. The van der Waals surface area contributed by atoms with Gasteiger partial charge in [-0.05, 0) is 67.1 Å². The van der Waals surface area contributed by atoms with Crippen molar-refractivity contribution in [3.63, 3.8) is 0 Å². The molecule has 166 valence electrons. The van der Waals surface area contributed by atoms with Gasteiger partial charge in [0.2, 0.25) is 0 Å². The lowest BCUT2D eigenvalue weighted by atomic mass is 10.1. The smallest absolute Gasteiger partial charge is 0.148 e. The van der Waals surface area contributed by atoms with Crippen molar-refractivity contribution in [2.75, 3.05) is 6.61 Å². The Kier molecular flexibility index (Phi) is 5.99. The van der Waals surface area contributed by atoms with E-state index in [1.54, 1.807) is 0 Å². The molecule has 4 heteroatoms. The Bertz CT molecular complexity index is 1380. The number of rotatable bonds is 8. The van der Waals surface area contributed by atoms with Gasteiger partial charge in [-0.3, -0.25) is 0 Å². The zero-order valence-electron chi connectivity index (χ0n) is 19.1. The molecular formula is C29H28N2O2. The van der Waals surface area contributed by atoms with Crippen LogP contribution in [0.1, 0.15) is 23.4 Å². The van der Waals surface area contributed by atoms with Gasteiger partial charge in [0.1, 0.15) is 23.9 Å². The van der Waals surface area contributed by atoms with E-state index in [0.29, 0.717) is 13.2 Å². The molecule has 1 aromatic heterocycles. The lowest BCUT2D eigenvalue weighted by Crippen LogP contribution is -2.10. The van der Waals surface area contributed by atoms with Gasteiger partial charge in [-0.2, -0.15) is 0 Å². The van der Waals surface area contributed by atoms with Crippen LogP contribution in [0.5, 0.6) is 11.5 Å². The second-order valence-electron chi connectivity index (χ2n) is 8.46. The molecule has 0 atom stereocenters. The second-order valence-corrected chi connectivity index (χ2v) is 8.46. The number of benzene rings is 4. The van der Waals surface area contributed by atoms with Crippen molar-refractivity contribution < 1.29 is 9.47 Å². The first-order valence-corrected chi connectivity index (χ1v) is 11.4. The highest BCUT2D eigenvalue weighted by atomic mass is 16.5. The molecule has 0 aliphatic carbocycles. The Labute approximate surface area is 194 Å². The summed E-state index contributed by atoms with van der Waals surface area (Å²) in [4.78, 5) is 4.87. The normalized spacial score (nSPS) is 11.2. The van der Waals surface area contributed by atoms with Gasteiger partial charge in [0.05, 0.1) is 17.6 Å². The molecule has 4 nitrogen and oxygen atoms in total. The molecule has 5 aromatic rings. The second kappa shape index (κ2) is 9.37. The molecular weight excluding hydrogens is 408 g/mol. The Balaban J connectivity index is 1.32. The van der Waals surface area contributed by atoms with Crippen LogP contribution in [0.15, 0.2) is 84.9 Å². The average Bonchev–Trinajstić information content (AvgIpc) is 3.17. The van der Waals surface area contributed by atoms with Gasteiger partial charge in [-0.1, -0.05) is 54.6 Å². The molecule has 0 saturated heterocycles. The van der Waals surface area contributed by atoms with Gasteiger partial charge in [0.15, 0.2) is 0 Å². The van der Waals surface area contributed by atoms with E-state index in [0.717, 1.165) is 46.7 Å². The SMILES string of the molecule is Cc1cc(C)cc(OCCCn2c(COc3cccc4ccccc34)nc3ccccc32)c1. The van der Waals surface area contributed by atoms with Gasteiger partial charge in [-0.25, -0.2) is 4.98 Å². The van der Waals surface area contributed by atoms with Crippen LogP contribution in [0.3, 0.4) is 0 Å². The van der Waals surface area contributed by atoms with Gasteiger partial charge in [0, 0.05) is 11.9 Å². The Morgan fingerprint density at radius 1 is 0.788 bits per heavy atom. The van der Waals surface area contributed by atoms with E-state index in [-0.39, 0.29) is 0 Å². The summed E-state index contributed by atoms with van der Waals surface area (Å²) in [5, 5.41) is 2.29. The molecule has 0 bridgehead atoms. The molecule has 33 heavy (non-hydrogen) atoms. The van der Waals surface area contributed by atoms with Crippen molar-refractivity contribution in [2.24, 2.45) is 0 Å². The van der Waals surface area contributed by atoms with E-state index in [4.69, 9.17) is 14.5 Å². The molecule has 0 spiro atoms. The fraction of sp³-hybridized carbons (Fsp3) is 0.207. The number of hydrogen-bond donors (Lipinski definition) is 0. The topological polar surface area (TPSA) is 36.3 Å². The largest absolute Gasteiger partial charge is 0.494 e. The molecule has 0 radical (unpaired) electrons. The van der Waals surface area contributed by atoms with Crippen LogP contribution in [0, 0.1) is 13.8 Å². The summed E-state index contributed by atoms with van der Waals surface area (Å²) in [5.41, 5.74) is 4.56. The number of aryl methyl sites for hydroxylation is 3. The molecule has 0 N–H and O–H groups in total. The van der Waals surface area contributed by atoms with Gasteiger partial charge in [0.25, 0.3) is 0 Å².